The molecule has 1 fully saturated rings. The zero-order valence-electron chi connectivity index (χ0n) is 6.50. The summed E-state index contributed by atoms with van der Waals surface area (Å²) in [4.78, 5) is 0. The molecule has 13 heavy (non-hydrogen) atoms. The molecule has 0 amide bonds. The molecule has 0 radical (unpaired) electrons. The Hall–Kier alpha value is -0.430. The number of morpholine rings is 1. The van der Waals surface area contributed by atoms with Crippen LogP contribution in [0.3, 0.4) is 0 Å². The van der Waals surface area contributed by atoms with Gasteiger partial charge in [0.2, 0.25) is 0 Å². The van der Waals surface area contributed by atoms with Gasteiger partial charge in [-0.15, -0.1) is 0 Å². The Morgan fingerprint density at radius 2 is 1.77 bits per heavy atom. The Morgan fingerprint density at radius 3 is 2.15 bits per heavy atom. The molecular weight excluding hydrogens is 197 g/mol. The summed E-state index contributed by atoms with van der Waals surface area (Å²) in [5.74, 6) is -4.73. The summed E-state index contributed by atoms with van der Waals surface area (Å²) in [5, 5.41) is 2.07. The second-order valence-corrected chi connectivity index (χ2v) is 2.70. The van der Waals surface area contributed by atoms with Crippen LogP contribution in [0.4, 0.5) is 22.0 Å². The fourth-order valence-electron chi connectivity index (χ4n) is 0.996. The minimum atomic E-state index is -5.52. The maximum Gasteiger partial charge on any atom is 0.455 e. The molecule has 0 saturated carbocycles. The van der Waals surface area contributed by atoms with Crippen molar-refractivity contribution in [2.75, 3.05) is 19.8 Å². The van der Waals surface area contributed by atoms with Crippen LogP contribution in [0.15, 0.2) is 0 Å². The molecule has 1 atom stereocenters. The summed E-state index contributed by atoms with van der Waals surface area (Å²) < 4.78 is 64.9. The van der Waals surface area contributed by atoms with Gasteiger partial charge in [-0.1, -0.05) is 0 Å². The van der Waals surface area contributed by atoms with E-state index >= 15 is 0 Å². The molecule has 0 aromatic carbocycles. The normalized spacial score (nSPS) is 26.1. The van der Waals surface area contributed by atoms with E-state index in [1.54, 1.807) is 0 Å². The maximum absolute atomic E-state index is 12.5. The van der Waals surface area contributed by atoms with Crippen molar-refractivity contribution in [3.63, 3.8) is 0 Å². The summed E-state index contributed by atoms with van der Waals surface area (Å²) in [6.07, 6.45) is -5.52. The summed E-state index contributed by atoms with van der Waals surface area (Å²) >= 11 is 0. The minimum absolute atomic E-state index is 0.0103. The molecular formula is C6H8F5NO. The molecule has 1 N–H and O–H groups in total. The average molecular weight is 205 g/mol. The SMILES string of the molecule is FC(F)(F)C(F)(F)C1COCCN1. The van der Waals surface area contributed by atoms with Gasteiger partial charge in [-0.25, -0.2) is 0 Å². The average Bonchev–Trinajstić information content (AvgIpc) is 2.04. The first kappa shape index (κ1) is 10.6. The molecule has 0 aliphatic carbocycles. The van der Waals surface area contributed by atoms with Crippen LogP contribution in [0.1, 0.15) is 0 Å². The van der Waals surface area contributed by atoms with Crippen molar-refractivity contribution in [3.05, 3.63) is 0 Å². The quantitative estimate of drug-likeness (QED) is 0.649. The van der Waals surface area contributed by atoms with Crippen molar-refractivity contribution < 1.29 is 26.7 Å². The maximum atomic E-state index is 12.5. The highest BCUT2D eigenvalue weighted by molar-refractivity contribution is 4.90. The predicted octanol–water partition coefficient (Wildman–Crippen LogP) is 1.17. The van der Waals surface area contributed by atoms with Crippen molar-refractivity contribution in [2.24, 2.45) is 0 Å². The van der Waals surface area contributed by atoms with Crippen molar-refractivity contribution in [2.45, 2.75) is 18.1 Å². The lowest BCUT2D eigenvalue weighted by atomic mass is 10.1. The Balaban J connectivity index is 2.67. The van der Waals surface area contributed by atoms with Crippen LogP contribution in [0.2, 0.25) is 0 Å². The van der Waals surface area contributed by atoms with Crippen LogP contribution in [0.5, 0.6) is 0 Å². The number of hydrogen-bond donors (Lipinski definition) is 1. The van der Waals surface area contributed by atoms with Gasteiger partial charge in [0.05, 0.1) is 13.2 Å². The first-order valence-corrected chi connectivity index (χ1v) is 3.61. The van der Waals surface area contributed by atoms with Crippen LogP contribution in [0, 0.1) is 0 Å². The van der Waals surface area contributed by atoms with Gasteiger partial charge in [0.25, 0.3) is 0 Å². The monoisotopic (exact) mass is 205 g/mol. The van der Waals surface area contributed by atoms with Gasteiger partial charge in [-0.3, -0.25) is 0 Å². The molecule has 2 nitrogen and oxygen atoms in total. The summed E-state index contributed by atoms with van der Waals surface area (Å²) in [6.45, 7) is -0.451. The molecule has 0 bridgehead atoms. The van der Waals surface area contributed by atoms with E-state index in [0.717, 1.165) is 0 Å². The molecule has 78 valence electrons. The molecule has 1 aliphatic heterocycles. The van der Waals surface area contributed by atoms with Crippen LogP contribution in [-0.4, -0.2) is 37.9 Å². The zero-order chi connectivity index (χ0) is 10.1. The molecule has 1 saturated heterocycles. The number of ether oxygens (including phenoxy) is 1. The smallest absolute Gasteiger partial charge is 0.378 e. The number of alkyl halides is 5. The van der Waals surface area contributed by atoms with Gasteiger partial charge in [-0.05, 0) is 0 Å². The van der Waals surface area contributed by atoms with E-state index < -0.39 is 24.7 Å². The lowest BCUT2D eigenvalue weighted by Crippen LogP contribution is -2.58. The van der Waals surface area contributed by atoms with E-state index in [2.05, 4.69) is 10.1 Å². The van der Waals surface area contributed by atoms with Gasteiger partial charge in [-0.2, -0.15) is 22.0 Å². The third-order valence-corrected chi connectivity index (χ3v) is 1.74. The highest BCUT2D eigenvalue weighted by Crippen LogP contribution is 2.38. The largest absolute Gasteiger partial charge is 0.455 e. The number of hydrogen-bond acceptors (Lipinski definition) is 2. The van der Waals surface area contributed by atoms with E-state index in [1.807, 2.05) is 0 Å². The standard InChI is InChI=1S/C6H8F5NO/c7-5(8,6(9,10)11)4-3-13-2-1-12-4/h4,12H,1-3H2. The Morgan fingerprint density at radius 1 is 1.15 bits per heavy atom. The third kappa shape index (κ3) is 2.08. The predicted molar refractivity (Wildman–Crippen MR) is 33.6 cm³/mol. The van der Waals surface area contributed by atoms with E-state index in [0.29, 0.717) is 0 Å². The molecule has 1 aliphatic rings. The molecule has 1 unspecified atom stereocenters. The number of halogens is 5. The highest BCUT2D eigenvalue weighted by Gasteiger charge is 2.62. The zero-order valence-corrected chi connectivity index (χ0v) is 6.50. The fourth-order valence-corrected chi connectivity index (χ4v) is 0.996. The molecule has 1 heterocycles. The molecule has 0 spiro atoms. The van der Waals surface area contributed by atoms with Crippen molar-refractivity contribution in [1.29, 1.82) is 0 Å². The number of nitrogens with one attached hydrogen (secondary N) is 1. The van der Waals surface area contributed by atoms with E-state index in [9.17, 15) is 22.0 Å². The fraction of sp³-hybridized carbons (Fsp3) is 1.00. The topological polar surface area (TPSA) is 21.3 Å². The molecule has 0 aromatic heterocycles. The Labute approximate surface area is 71.0 Å². The second-order valence-electron chi connectivity index (χ2n) is 2.70. The molecule has 1 rings (SSSR count). The Bertz CT molecular complexity index is 174. The highest BCUT2D eigenvalue weighted by atomic mass is 19.4. The summed E-state index contributed by atoms with van der Waals surface area (Å²) in [7, 11) is 0. The minimum Gasteiger partial charge on any atom is -0.378 e. The Kier molecular flexibility index (Phi) is 2.76. The van der Waals surface area contributed by atoms with E-state index in [4.69, 9.17) is 0 Å². The number of rotatable bonds is 1. The lowest BCUT2D eigenvalue weighted by Gasteiger charge is -2.31. The molecule has 0 aromatic rings. The van der Waals surface area contributed by atoms with Crippen molar-refractivity contribution in [3.8, 4) is 0 Å². The van der Waals surface area contributed by atoms with Crippen LogP contribution >= 0.6 is 0 Å². The van der Waals surface area contributed by atoms with Crippen LogP contribution < -0.4 is 5.32 Å². The van der Waals surface area contributed by atoms with Crippen LogP contribution in [-0.2, 0) is 4.74 Å². The van der Waals surface area contributed by atoms with E-state index in [-0.39, 0.29) is 13.2 Å². The van der Waals surface area contributed by atoms with Crippen molar-refractivity contribution >= 4 is 0 Å². The third-order valence-electron chi connectivity index (χ3n) is 1.74. The second kappa shape index (κ2) is 3.38. The molecule has 7 heteroatoms. The van der Waals surface area contributed by atoms with Gasteiger partial charge in [0, 0.05) is 6.54 Å². The van der Waals surface area contributed by atoms with Gasteiger partial charge in [0.15, 0.2) is 0 Å². The summed E-state index contributed by atoms with van der Waals surface area (Å²) in [6, 6.07) is -1.97. The van der Waals surface area contributed by atoms with Gasteiger partial charge < -0.3 is 10.1 Å². The van der Waals surface area contributed by atoms with E-state index in [1.165, 1.54) is 0 Å². The van der Waals surface area contributed by atoms with Gasteiger partial charge in [0.1, 0.15) is 6.04 Å². The first-order valence-electron chi connectivity index (χ1n) is 3.61. The van der Waals surface area contributed by atoms with Crippen molar-refractivity contribution in [1.82, 2.24) is 5.32 Å². The van der Waals surface area contributed by atoms with Gasteiger partial charge >= 0.3 is 12.1 Å². The first-order chi connectivity index (χ1) is 5.86. The van der Waals surface area contributed by atoms with Crippen LogP contribution in [0.25, 0.3) is 0 Å². The lowest BCUT2D eigenvalue weighted by molar-refractivity contribution is -0.298. The summed E-state index contributed by atoms with van der Waals surface area (Å²) in [5.41, 5.74) is 0.